The summed E-state index contributed by atoms with van der Waals surface area (Å²) in [7, 11) is -0.730. The quantitative estimate of drug-likeness (QED) is 0.474. The second-order valence-electron chi connectivity index (χ2n) is 6.73. The molecular formula is C23H23ClN2O5S. The average molecular weight is 475 g/mol. The number of rotatable bonds is 9. The predicted molar refractivity (Wildman–Crippen MR) is 124 cm³/mol. The van der Waals surface area contributed by atoms with Gasteiger partial charge in [0.05, 0.1) is 24.2 Å². The molecule has 0 aliphatic rings. The molecule has 168 valence electrons. The normalized spacial score (nSPS) is 11.0. The van der Waals surface area contributed by atoms with E-state index in [1.807, 2.05) is 12.1 Å². The van der Waals surface area contributed by atoms with Crippen LogP contribution >= 0.6 is 11.6 Å². The van der Waals surface area contributed by atoms with Crippen LogP contribution in [0.15, 0.2) is 77.7 Å². The Balaban J connectivity index is 1.57. The van der Waals surface area contributed by atoms with Gasteiger partial charge in [-0.05, 0) is 60.7 Å². The van der Waals surface area contributed by atoms with Gasteiger partial charge in [-0.25, -0.2) is 8.42 Å². The van der Waals surface area contributed by atoms with E-state index in [1.165, 1.54) is 31.3 Å². The highest BCUT2D eigenvalue weighted by Crippen LogP contribution is 2.26. The molecule has 0 atom stereocenters. The number of carbonyl (C=O) groups excluding carboxylic acids is 1. The van der Waals surface area contributed by atoms with E-state index < -0.39 is 10.0 Å². The van der Waals surface area contributed by atoms with Gasteiger partial charge in [0, 0.05) is 17.6 Å². The minimum absolute atomic E-state index is 0.126. The first-order chi connectivity index (χ1) is 15.3. The number of methoxy groups -OCH3 is 1. The smallest absolute Gasteiger partial charge is 0.264 e. The summed E-state index contributed by atoms with van der Waals surface area (Å²) in [6.45, 7) is 0.565. The number of para-hydroxylation sites is 2. The SMILES string of the molecule is COc1ccccc1OCCNC(=O)c1ccc(N(C)S(=O)(=O)c2ccc(Cl)cc2)cc1. The van der Waals surface area contributed by atoms with Gasteiger partial charge in [0.15, 0.2) is 11.5 Å². The molecule has 32 heavy (non-hydrogen) atoms. The monoisotopic (exact) mass is 474 g/mol. The molecule has 0 bridgehead atoms. The first kappa shape index (κ1) is 23.4. The Morgan fingerprint density at radius 2 is 1.59 bits per heavy atom. The minimum atomic E-state index is -3.74. The van der Waals surface area contributed by atoms with Gasteiger partial charge >= 0.3 is 0 Å². The number of anilines is 1. The van der Waals surface area contributed by atoms with Crippen LogP contribution in [0.25, 0.3) is 0 Å². The number of amides is 1. The molecule has 0 fully saturated rings. The number of ether oxygens (including phenoxy) is 2. The van der Waals surface area contributed by atoms with Gasteiger partial charge in [0.25, 0.3) is 15.9 Å². The molecule has 1 amide bonds. The molecule has 7 nitrogen and oxygen atoms in total. The summed E-state index contributed by atoms with van der Waals surface area (Å²) in [5.74, 6) is 0.925. The number of sulfonamides is 1. The first-order valence-electron chi connectivity index (χ1n) is 9.71. The van der Waals surface area contributed by atoms with E-state index >= 15 is 0 Å². The minimum Gasteiger partial charge on any atom is -0.493 e. The second-order valence-corrected chi connectivity index (χ2v) is 9.13. The van der Waals surface area contributed by atoms with Crippen molar-refractivity contribution in [3.63, 3.8) is 0 Å². The lowest BCUT2D eigenvalue weighted by atomic mass is 10.2. The summed E-state index contributed by atoms with van der Waals surface area (Å²) in [4.78, 5) is 12.5. The van der Waals surface area contributed by atoms with Gasteiger partial charge in [-0.15, -0.1) is 0 Å². The number of halogens is 1. The van der Waals surface area contributed by atoms with Gasteiger partial charge in [0.1, 0.15) is 6.61 Å². The fraction of sp³-hybridized carbons (Fsp3) is 0.174. The zero-order valence-electron chi connectivity index (χ0n) is 17.6. The third-order valence-corrected chi connectivity index (χ3v) is 6.73. The molecule has 0 saturated carbocycles. The summed E-state index contributed by atoms with van der Waals surface area (Å²) in [5, 5.41) is 3.22. The highest BCUT2D eigenvalue weighted by atomic mass is 35.5. The summed E-state index contributed by atoms with van der Waals surface area (Å²) >= 11 is 5.84. The Hall–Kier alpha value is -3.23. The van der Waals surface area contributed by atoms with E-state index in [1.54, 1.807) is 43.5 Å². The van der Waals surface area contributed by atoms with Gasteiger partial charge in [-0.1, -0.05) is 23.7 Å². The fourth-order valence-electron chi connectivity index (χ4n) is 2.89. The van der Waals surface area contributed by atoms with Crippen molar-refractivity contribution in [3.8, 4) is 11.5 Å². The van der Waals surface area contributed by atoms with Crippen LogP contribution in [-0.4, -0.2) is 41.6 Å². The topological polar surface area (TPSA) is 84.9 Å². The Morgan fingerprint density at radius 3 is 2.22 bits per heavy atom. The van der Waals surface area contributed by atoms with Crippen LogP contribution in [0.1, 0.15) is 10.4 Å². The zero-order chi connectivity index (χ0) is 23.1. The van der Waals surface area contributed by atoms with Crippen LogP contribution in [0, 0.1) is 0 Å². The average Bonchev–Trinajstić information content (AvgIpc) is 2.81. The lowest BCUT2D eigenvalue weighted by Gasteiger charge is -2.20. The Bertz CT molecular complexity index is 1170. The lowest BCUT2D eigenvalue weighted by molar-refractivity contribution is 0.0947. The maximum atomic E-state index is 12.8. The van der Waals surface area contributed by atoms with Crippen molar-refractivity contribution in [1.82, 2.24) is 5.32 Å². The maximum absolute atomic E-state index is 12.8. The molecule has 3 aromatic rings. The molecule has 0 saturated heterocycles. The Kier molecular flexibility index (Phi) is 7.61. The molecule has 0 heterocycles. The summed E-state index contributed by atoms with van der Waals surface area (Å²) < 4.78 is 37.6. The van der Waals surface area contributed by atoms with Crippen LogP contribution < -0.4 is 19.1 Å². The van der Waals surface area contributed by atoms with Gasteiger partial charge < -0.3 is 14.8 Å². The van der Waals surface area contributed by atoms with Crippen molar-refractivity contribution in [2.24, 2.45) is 0 Å². The lowest BCUT2D eigenvalue weighted by Crippen LogP contribution is -2.28. The summed E-state index contributed by atoms with van der Waals surface area (Å²) in [6, 6.07) is 19.5. The molecule has 0 aromatic heterocycles. The molecule has 0 unspecified atom stereocenters. The number of hydrogen-bond acceptors (Lipinski definition) is 5. The largest absolute Gasteiger partial charge is 0.493 e. The zero-order valence-corrected chi connectivity index (χ0v) is 19.2. The number of nitrogens with one attached hydrogen (secondary N) is 1. The summed E-state index contributed by atoms with van der Waals surface area (Å²) in [5.41, 5.74) is 0.833. The number of hydrogen-bond donors (Lipinski definition) is 1. The van der Waals surface area contributed by atoms with E-state index in [0.29, 0.717) is 34.3 Å². The standard InChI is InChI=1S/C23H23ClN2O5S/c1-26(32(28,29)20-13-9-18(24)10-14-20)19-11-7-17(8-12-19)23(27)25-15-16-31-22-6-4-3-5-21(22)30-2/h3-14H,15-16H2,1-2H3,(H,25,27). The number of carbonyl (C=O) groups is 1. The fourth-order valence-corrected chi connectivity index (χ4v) is 4.21. The third-order valence-electron chi connectivity index (χ3n) is 4.68. The van der Waals surface area contributed by atoms with E-state index in [9.17, 15) is 13.2 Å². The number of nitrogens with zero attached hydrogens (tertiary/aromatic N) is 1. The highest BCUT2D eigenvalue weighted by molar-refractivity contribution is 7.92. The number of benzene rings is 3. The molecule has 0 aliphatic heterocycles. The molecular weight excluding hydrogens is 452 g/mol. The molecule has 3 aromatic carbocycles. The van der Waals surface area contributed by atoms with Crippen LogP contribution in [0.2, 0.25) is 5.02 Å². The Morgan fingerprint density at radius 1 is 0.969 bits per heavy atom. The van der Waals surface area contributed by atoms with Gasteiger partial charge in [-0.3, -0.25) is 9.10 Å². The van der Waals surface area contributed by atoms with E-state index in [0.717, 1.165) is 4.31 Å². The van der Waals surface area contributed by atoms with Crippen LogP contribution in [0.5, 0.6) is 11.5 Å². The summed E-state index contributed by atoms with van der Waals surface area (Å²) in [6.07, 6.45) is 0. The molecule has 3 rings (SSSR count). The van der Waals surface area contributed by atoms with Crippen molar-refractivity contribution in [2.75, 3.05) is 31.6 Å². The van der Waals surface area contributed by atoms with Gasteiger partial charge in [0.2, 0.25) is 0 Å². The van der Waals surface area contributed by atoms with Crippen molar-refractivity contribution in [2.45, 2.75) is 4.90 Å². The van der Waals surface area contributed by atoms with Crippen molar-refractivity contribution in [3.05, 3.63) is 83.4 Å². The van der Waals surface area contributed by atoms with Crippen LogP contribution in [-0.2, 0) is 10.0 Å². The van der Waals surface area contributed by atoms with E-state index in [-0.39, 0.29) is 17.4 Å². The van der Waals surface area contributed by atoms with Crippen molar-refractivity contribution in [1.29, 1.82) is 0 Å². The first-order valence-corrected chi connectivity index (χ1v) is 11.5. The van der Waals surface area contributed by atoms with E-state index in [4.69, 9.17) is 21.1 Å². The third kappa shape index (κ3) is 5.52. The second kappa shape index (κ2) is 10.4. The van der Waals surface area contributed by atoms with E-state index in [2.05, 4.69) is 5.32 Å². The molecule has 0 aliphatic carbocycles. The van der Waals surface area contributed by atoms with Crippen LogP contribution in [0.4, 0.5) is 5.69 Å². The van der Waals surface area contributed by atoms with Gasteiger partial charge in [-0.2, -0.15) is 0 Å². The van der Waals surface area contributed by atoms with Crippen LogP contribution in [0.3, 0.4) is 0 Å². The Labute approximate surface area is 192 Å². The molecule has 1 N–H and O–H groups in total. The van der Waals surface area contributed by atoms with Crippen molar-refractivity contribution < 1.29 is 22.7 Å². The molecule has 0 radical (unpaired) electrons. The predicted octanol–water partition coefficient (Wildman–Crippen LogP) is 3.98. The highest BCUT2D eigenvalue weighted by Gasteiger charge is 2.21. The van der Waals surface area contributed by atoms with Crippen molar-refractivity contribution >= 4 is 33.2 Å². The molecule has 0 spiro atoms. The maximum Gasteiger partial charge on any atom is 0.264 e. The molecule has 9 heteroatoms.